The van der Waals surface area contributed by atoms with Gasteiger partial charge in [0.2, 0.25) is 5.95 Å². The van der Waals surface area contributed by atoms with Gasteiger partial charge < -0.3 is 16.4 Å². The summed E-state index contributed by atoms with van der Waals surface area (Å²) in [5, 5.41) is 0. The summed E-state index contributed by atoms with van der Waals surface area (Å²) < 4.78 is 0. The van der Waals surface area contributed by atoms with Gasteiger partial charge >= 0.3 is 0 Å². The monoisotopic (exact) mass is 233 g/mol. The summed E-state index contributed by atoms with van der Waals surface area (Å²) in [4.78, 5) is 10.9. The van der Waals surface area contributed by atoms with Gasteiger partial charge in [0, 0.05) is 12.6 Å². The lowest BCUT2D eigenvalue weighted by Crippen LogP contribution is -2.38. The van der Waals surface area contributed by atoms with Crippen LogP contribution in [0.3, 0.4) is 0 Å². The van der Waals surface area contributed by atoms with Gasteiger partial charge in [-0.2, -0.15) is 4.98 Å². The molecule has 1 saturated carbocycles. The fourth-order valence-electron chi connectivity index (χ4n) is 3.14. The van der Waals surface area contributed by atoms with Crippen LogP contribution in [0.15, 0.2) is 0 Å². The van der Waals surface area contributed by atoms with Crippen LogP contribution in [-0.2, 0) is 6.42 Å². The largest absolute Gasteiger partial charge is 0.382 e. The lowest BCUT2D eigenvalue weighted by molar-refractivity contribution is 0.566. The van der Waals surface area contributed by atoms with Gasteiger partial charge in [-0.05, 0) is 25.7 Å². The van der Waals surface area contributed by atoms with E-state index in [1.54, 1.807) is 0 Å². The van der Waals surface area contributed by atoms with Gasteiger partial charge in [0.05, 0.1) is 5.69 Å². The predicted octanol–water partition coefficient (Wildman–Crippen LogP) is 1.34. The quantitative estimate of drug-likeness (QED) is 0.765. The Bertz CT molecular complexity index is 425. The normalized spacial score (nSPS) is 20.6. The van der Waals surface area contributed by atoms with Crippen LogP contribution in [0, 0.1) is 0 Å². The number of nitrogens with two attached hydrogens (primary N) is 2. The van der Waals surface area contributed by atoms with E-state index >= 15 is 0 Å². The fraction of sp³-hybridized carbons (Fsp3) is 0.667. The van der Waals surface area contributed by atoms with Crippen molar-refractivity contribution in [2.45, 2.75) is 44.6 Å². The molecule has 1 fully saturated rings. The summed E-state index contributed by atoms with van der Waals surface area (Å²) >= 11 is 0. The van der Waals surface area contributed by atoms with E-state index < -0.39 is 0 Å². The van der Waals surface area contributed by atoms with Crippen molar-refractivity contribution in [3.05, 3.63) is 5.69 Å². The molecule has 0 atom stereocenters. The second kappa shape index (κ2) is 4.05. The summed E-state index contributed by atoms with van der Waals surface area (Å²) in [7, 11) is 0. The molecule has 1 aliphatic heterocycles. The van der Waals surface area contributed by atoms with Gasteiger partial charge in [0.15, 0.2) is 5.82 Å². The van der Waals surface area contributed by atoms with E-state index in [1.807, 2.05) is 0 Å². The smallest absolute Gasteiger partial charge is 0.222 e. The van der Waals surface area contributed by atoms with E-state index in [1.165, 1.54) is 25.7 Å². The first-order chi connectivity index (χ1) is 8.25. The number of hydrogen-bond donors (Lipinski definition) is 2. The van der Waals surface area contributed by atoms with Crippen LogP contribution in [0.25, 0.3) is 0 Å². The minimum atomic E-state index is 0.300. The van der Waals surface area contributed by atoms with Crippen LogP contribution in [0.5, 0.6) is 0 Å². The first kappa shape index (κ1) is 10.6. The minimum Gasteiger partial charge on any atom is -0.382 e. The fourth-order valence-corrected chi connectivity index (χ4v) is 3.14. The lowest BCUT2D eigenvalue weighted by Gasteiger charge is -2.36. The van der Waals surface area contributed by atoms with Crippen molar-refractivity contribution >= 4 is 17.5 Å². The molecule has 4 N–H and O–H groups in total. The SMILES string of the molecule is Nc1nc(N)c2c(n1)CCCN2C1CCCC1. The van der Waals surface area contributed by atoms with Crippen LogP contribution in [0.1, 0.15) is 37.8 Å². The molecule has 0 radical (unpaired) electrons. The first-order valence-corrected chi connectivity index (χ1v) is 6.44. The second-order valence-electron chi connectivity index (χ2n) is 5.00. The number of rotatable bonds is 1. The molecule has 0 spiro atoms. The van der Waals surface area contributed by atoms with E-state index in [0.29, 0.717) is 17.8 Å². The molecular weight excluding hydrogens is 214 g/mol. The third-order valence-electron chi connectivity index (χ3n) is 3.87. The number of anilines is 3. The van der Waals surface area contributed by atoms with Gasteiger partial charge in [-0.3, -0.25) is 0 Å². The standard InChI is InChI=1S/C12H19N5/c13-11-10-9(15-12(14)16-11)6-3-7-17(10)8-4-1-2-5-8/h8H,1-7H2,(H4,13,14,15,16). The Labute approximate surface area is 101 Å². The van der Waals surface area contributed by atoms with Crippen molar-refractivity contribution in [2.24, 2.45) is 0 Å². The maximum Gasteiger partial charge on any atom is 0.222 e. The highest BCUT2D eigenvalue weighted by Crippen LogP contribution is 2.36. The van der Waals surface area contributed by atoms with E-state index in [4.69, 9.17) is 11.5 Å². The van der Waals surface area contributed by atoms with E-state index in [-0.39, 0.29) is 0 Å². The Hall–Kier alpha value is -1.52. The summed E-state index contributed by atoms with van der Waals surface area (Å²) in [5.74, 6) is 0.855. The van der Waals surface area contributed by atoms with Crippen molar-refractivity contribution < 1.29 is 0 Å². The van der Waals surface area contributed by atoms with Crippen molar-refractivity contribution in [1.82, 2.24) is 9.97 Å². The molecule has 3 rings (SSSR count). The van der Waals surface area contributed by atoms with Crippen molar-refractivity contribution in [1.29, 1.82) is 0 Å². The summed E-state index contributed by atoms with van der Waals surface area (Å²) in [5.41, 5.74) is 13.8. The Morgan fingerprint density at radius 1 is 1.06 bits per heavy atom. The number of aromatic nitrogens is 2. The predicted molar refractivity (Wildman–Crippen MR) is 68.8 cm³/mol. The molecule has 0 aromatic carbocycles. The molecule has 2 aliphatic rings. The molecule has 0 saturated heterocycles. The molecule has 1 aromatic rings. The maximum absolute atomic E-state index is 6.03. The maximum atomic E-state index is 6.03. The van der Waals surface area contributed by atoms with Crippen LogP contribution >= 0.6 is 0 Å². The van der Waals surface area contributed by atoms with Crippen molar-refractivity contribution in [3.63, 3.8) is 0 Å². The molecular formula is C12H19N5. The van der Waals surface area contributed by atoms with Crippen molar-refractivity contribution in [3.8, 4) is 0 Å². The molecule has 5 heteroatoms. The molecule has 1 aromatic heterocycles. The molecule has 0 bridgehead atoms. The number of hydrogen-bond acceptors (Lipinski definition) is 5. The summed E-state index contributed by atoms with van der Waals surface area (Å²) in [6.07, 6.45) is 7.29. The van der Waals surface area contributed by atoms with Crippen molar-refractivity contribution in [2.75, 3.05) is 22.9 Å². The number of nitrogens with zero attached hydrogens (tertiary/aromatic N) is 3. The average Bonchev–Trinajstić information content (AvgIpc) is 2.80. The molecule has 92 valence electrons. The number of fused-ring (bicyclic) bond motifs is 1. The van der Waals surface area contributed by atoms with E-state index in [2.05, 4.69) is 14.9 Å². The van der Waals surface area contributed by atoms with E-state index in [9.17, 15) is 0 Å². The molecule has 0 amide bonds. The highest BCUT2D eigenvalue weighted by molar-refractivity contribution is 5.69. The van der Waals surface area contributed by atoms with Gasteiger partial charge in [0.25, 0.3) is 0 Å². The lowest BCUT2D eigenvalue weighted by atomic mass is 10.0. The highest BCUT2D eigenvalue weighted by Gasteiger charge is 2.29. The molecule has 17 heavy (non-hydrogen) atoms. The second-order valence-corrected chi connectivity index (χ2v) is 5.00. The Kier molecular flexibility index (Phi) is 2.53. The minimum absolute atomic E-state index is 0.300. The third kappa shape index (κ3) is 1.79. The molecule has 1 aliphatic carbocycles. The highest BCUT2D eigenvalue weighted by atomic mass is 15.2. The Balaban J connectivity index is 2.00. The zero-order valence-electron chi connectivity index (χ0n) is 10.0. The van der Waals surface area contributed by atoms with Crippen LogP contribution in [-0.4, -0.2) is 22.6 Å². The Morgan fingerprint density at radius 3 is 2.59 bits per heavy atom. The Morgan fingerprint density at radius 2 is 1.82 bits per heavy atom. The summed E-state index contributed by atoms with van der Waals surface area (Å²) in [6.45, 7) is 1.08. The van der Waals surface area contributed by atoms with E-state index in [0.717, 1.165) is 30.8 Å². The number of nitrogen functional groups attached to an aromatic ring is 2. The van der Waals surface area contributed by atoms with Gasteiger partial charge in [-0.25, -0.2) is 4.98 Å². The summed E-state index contributed by atoms with van der Waals surface area (Å²) in [6, 6.07) is 0.628. The van der Waals surface area contributed by atoms with Crippen LogP contribution < -0.4 is 16.4 Å². The van der Waals surface area contributed by atoms with Crippen LogP contribution in [0.4, 0.5) is 17.5 Å². The van der Waals surface area contributed by atoms with Gasteiger partial charge in [0.1, 0.15) is 5.69 Å². The molecule has 5 nitrogen and oxygen atoms in total. The average molecular weight is 233 g/mol. The molecule has 2 heterocycles. The van der Waals surface area contributed by atoms with Gasteiger partial charge in [-0.1, -0.05) is 12.8 Å². The topological polar surface area (TPSA) is 81.1 Å². The van der Waals surface area contributed by atoms with Crippen LogP contribution in [0.2, 0.25) is 0 Å². The zero-order chi connectivity index (χ0) is 11.8. The first-order valence-electron chi connectivity index (χ1n) is 6.44. The number of aryl methyl sites for hydroxylation is 1. The van der Waals surface area contributed by atoms with Gasteiger partial charge in [-0.15, -0.1) is 0 Å². The molecule has 0 unspecified atom stereocenters. The zero-order valence-corrected chi connectivity index (χ0v) is 10.0. The third-order valence-corrected chi connectivity index (χ3v) is 3.87.